The summed E-state index contributed by atoms with van der Waals surface area (Å²) in [6.45, 7) is 0.243. The first-order valence-corrected chi connectivity index (χ1v) is 5.62. The Morgan fingerprint density at radius 3 is 2.78 bits per heavy atom. The van der Waals surface area contributed by atoms with Crippen molar-refractivity contribution in [3.8, 4) is 0 Å². The largest absolute Gasteiger partial charge is 0.382 e. The number of carbonyl (C=O) groups excluding carboxylic acids is 1. The van der Waals surface area contributed by atoms with Gasteiger partial charge in [0.05, 0.1) is 17.1 Å². The van der Waals surface area contributed by atoms with Crippen molar-refractivity contribution in [3.63, 3.8) is 0 Å². The molecule has 2 aromatic rings. The summed E-state index contributed by atoms with van der Waals surface area (Å²) in [4.78, 5) is 17.6. The number of nitrogens with zero attached hydrogens (tertiary/aromatic N) is 2. The topological polar surface area (TPSA) is 71.2 Å². The molecule has 1 amide bonds. The van der Waals surface area contributed by atoms with Gasteiger partial charge in [0.15, 0.2) is 0 Å². The number of nitrogens with one attached hydrogen (secondary N) is 1. The van der Waals surface area contributed by atoms with E-state index in [0.29, 0.717) is 5.82 Å². The predicted octanol–water partition coefficient (Wildman–Crippen LogP) is 1.75. The Balaban J connectivity index is 2.13. The van der Waals surface area contributed by atoms with Crippen LogP contribution >= 0.6 is 0 Å². The predicted molar refractivity (Wildman–Crippen MR) is 70.7 cm³/mol. The van der Waals surface area contributed by atoms with Crippen LogP contribution in [0.4, 0.5) is 22.9 Å². The number of carbonyl (C=O) groups is 1. The van der Waals surface area contributed by atoms with Crippen molar-refractivity contribution in [2.24, 2.45) is 0 Å². The number of nitrogens with two attached hydrogens (primary N) is 1. The zero-order valence-corrected chi connectivity index (χ0v) is 9.63. The van der Waals surface area contributed by atoms with Crippen LogP contribution in [-0.2, 0) is 4.79 Å². The number of amides is 1. The van der Waals surface area contributed by atoms with Gasteiger partial charge in [-0.3, -0.25) is 4.79 Å². The Bertz CT molecular complexity index is 611. The van der Waals surface area contributed by atoms with E-state index in [9.17, 15) is 4.79 Å². The average Bonchev–Trinajstić information content (AvgIpc) is 2.38. The van der Waals surface area contributed by atoms with Gasteiger partial charge in [-0.25, -0.2) is 4.98 Å². The van der Waals surface area contributed by atoms with Gasteiger partial charge in [0.25, 0.3) is 0 Å². The maximum absolute atomic E-state index is 11.7. The van der Waals surface area contributed by atoms with E-state index >= 15 is 0 Å². The molecule has 18 heavy (non-hydrogen) atoms. The molecule has 0 spiro atoms. The van der Waals surface area contributed by atoms with Crippen molar-refractivity contribution in [1.82, 2.24) is 4.98 Å². The van der Waals surface area contributed by atoms with Gasteiger partial charge in [0.1, 0.15) is 12.4 Å². The summed E-state index contributed by atoms with van der Waals surface area (Å²) in [6, 6.07) is 11.3. The van der Waals surface area contributed by atoms with Gasteiger partial charge in [0, 0.05) is 6.20 Å². The second kappa shape index (κ2) is 4.03. The molecule has 1 aliphatic rings. The Kier molecular flexibility index (Phi) is 2.37. The Morgan fingerprint density at radius 2 is 1.94 bits per heavy atom. The first kappa shape index (κ1) is 10.6. The number of benzene rings is 1. The van der Waals surface area contributed by atoms with Gasteiger partial charge in [-0.1, -0.05) is 12.1 Å². The van der Waals surface area contributed by atoms with E-state index < -0.39 is 0 Å². The highest BCUT2D eigenvalue weighted by Gasteiger charge is 2.24. The number of anilines is 4. The van der Waals surface area contributed by atoms with Crippen LogP contribution in [0.2, 0.25) is 0 Å². The number of hydrogen-bond donors (Lipinski definition) is 2. The van der Waals surface area contributed by atoms with Gasteiger partial charge in [-0.15, -0.1) is 0 Å². The molecule has 0 bridgehead atoms. The third-order valence-electron chi connectivity index (χ3n) is 2.88. The second-order valence-corrected chi connectivity index (χ2v) is 4.06. The van der Waals surface area contributed by atoms with Crippen LogP contribution in [0.15, 0.2) is 42.6 Å². The van der Waals surface area contributed by atoms with E-state index in [2.05, 4.69) is 10.3 Å². The molecule has 1 aromatic heterocycles. The molecule has 0 saturated carbocycles. The van der Waals surface area contributed by atoms with Gasteiger partial charge in [-0.2, -0.15) is 0 Å². The Hall–Kier alpha value is -2.56. The molecule has 0 atom stereocenters. The summed E-state index contributed by atoms with van der Waals surface area (Å²) in [5, 5.41) is 2.84. The minimum atomic E-state index is -0.0584. The lowest BCUT2D eigenvalue weighted by atomic mass is 10.1. The van der Waals surface area contributed by atoms with Crippen LogP contribution in [0.5, 0.6) is 0 Å². The van der Waals surface area contributed by atoms with Crippen molar-refractivity contribution in [1.29, 1.82) is 0 Å². The zero-order valence-electron chi connectivity index (χ0n) is 9.63. The van der Waals surface area contributed by atoms with Crippen molar-refractivity contribution < 1.29 is 4.79 Å². The molecule has 0 unspecified atom stereocenters. The summed E-state index contributed by atoms with van der Waals surface area (Å²) < 4.78 is 0. The summed E-state index contributed by atoms with van der Waals surface area (Å²) in [5.74, 6) is 0.360. The number of rotatable bonds is 1. The first-order chi connectivity index (χ1) is 8.75. The monoisotopic (exact) mass is 240 g/mol. The second-order valence-electron chi connectivity index (χ2n) is 4.06. The maximum atomic E-state index is 11.7. The SMILES string of the molecule is Nc1ncccc1N1CC(=O)Nc2ccccc21. The molecule has 1 aliphatic heterocycles. The smallest absolute Gasteiger partial charge is 0.244 e. The molecule has 1 aromatic carbocycles. The van der Waals surface area contributed by atoms with Crippen LogP contribution in [0.1, 0.15) is 0 Å². The molecule has 3 N–H and O–H groups in total. The van der Waals surface area contributed by atoms with Gasteiger partial charge in [-0.05, 0) is 24.3 Å². The molecule has 2 heterocycles. The molecule has 0 saturated heterocycles. The van der Waals surface area contributed by atoms with Crippen molar-refractivity contribution in [2.45, 2.75) is 0 Å². The van der Waals surface area contributed by atoms with Crippen LogP contribution in [0, 0.1) is 0 Å². The van der Waals surface area contributed by atoms with Crippen LogP contribution < -0.4 is 16.0 Å². The van der Waals surface area contributed by atoms with E-state index in [0.717, 1.165) is 17.1 Å². The normalized spacial score (nSPS) is 14.0. The van der Waals surface area contributed by atoms with Gasteiger partial charge in [0.2, 0.25) is 5.91 Å². The summed E-state index contributed by atoms with van der Waals surface area (Å²) in [6.07, 6.45) is 1.63. The lowest BCUT2D eigenvalue weighted by Crippen LogP contribution is -2.35. The lowest BCUT2D eigenvalue weighted by molar-refractivity contribution is -0.115. The molecule has 5 nitrogen and oxygen atoms in total. The van der Waals surface area contributed by atoms with E-state index in [-0.39, 0.29) is 12.5 Å². The number of para-hydroxylation sites is 2. The minimum absolute atomic E-state index is 0.0584. The fourth-order valence-corrected chi connectivity index (χ4v) is 2.09. The third kappa shape index (κ3) is 1.66. The fraction of sp³-hybridized carbons (Fsp3) is 0.0769. The van der Waals surface area contributed by atoms with E-state index in [1.165, 1.54) is 0 Å². The highest BCUT2D eigenvalue weighted by Crippen LogP contribution is 2.36. The number of pyridine rings is 1. The molecule has 0 fully saturated rings. The van der Waals surface area contributed by atoms with E-state index in [1.54, 1.807) is 12.3 Å². The molecule has 0 aliphatic carbocycles. The number of aromatic nitrogens is 1. The zero-order chi connectivity index (χ0) is 12.5. The van der Waals surface area contributed by atoms with Crippen LogP contribution in [-0.4, -0.2) is 17.4 Å². The third-order valence-corrected chi connectivity index (χ3v) is 2.88. The van der Waals surface area contributed by atoms with Gasteiger partial charge >= 0.3 is 0 Å². The summed E-state index contributed by atoms with van der Waals surface area (Å²) in [5.41, 5.74) is 8.34. The van der Waals surface area contributed by atoms with Crippen LogP contribution in [0.3, 0.4) is 0 Å². The molecular formula is C13H12N4O. The number of hydrogen-bond acceptors (Lipinski definition) is 4. The standard InChI is InChI=1S/C13H12N4O/c14-13-11(6-3-7-15-13)17-8-12(18)16-9-4-1-2-5-10(9)17/h1-7H,8H2,(H2,14,15)(H,16,18). The highest BCUT2D eigenvalue weighted by atomic mass is 16.2. The summed E-state index contributed by atoms with van der Waals surface area (Å²) in [7, 11) is 0. The lowest BCUT2D eigenvalue weighted by Gasteiger charge is -2.31. The molecule has 0 radical (unpaired) electrons. The van der Waals surface area contributed by atoms with Gasteiger partial charge < -0.3 is 16.0 Å². The number of fused-ring (bicyclic) bond motifs is 1. The van der Waals surface area contributed by atoms with E-state index in [1.807, 2.05) is 35.2 Å². The first-order valence-electron chi connectivity index (χ1n) is 5.62. The minimum Gasteiger partial charge on any atom is -0.382 e. The highest BCUT2D eigenvalue weighted by molar-refractivity contribution is 6.03. The molecule has 90 valence electrons. The van der Waals surface area contributed by atoms with Crippen LogP contribution in [0.25, 0.3) is 0 Å². The van der Waals surface area contributed by atoms with Crippen molar-refractivity contribution in [2.75, 3.05) is 22.5 Å². The van der Waals surface area contributed by atoms with Crippen molar-refractivity contribution in [3.05, 3.63) is 42.6 Å². The Morgan fingerprint density at radius 1 is 1.17 bits per heavy atom. The Labute approximate surface area is 104 Å². The van der Waals surface area contributed by atoms with Crippen molar-refractivity contribution >= 4 is 28.8 Å². The average molecular weight is 240 g/mol. The fourth-order valence-electron chi connectivity index (χ4n) is 2.09. The quantitative estimate of drug-likeness (QED) is 0.796. The molecule has 5 heteroatoms. The molecule has 3 rings (SSSR count). The summed E-state index contributed by atoms with van der Waals surface area (Å²) >= 11 is 0. The maximum Gasteiger partial charge on any atom is 0.244 e. The number of nitrogen functional groups attached to an aromatic ring is 1. The molecular weight excluding hydrogens is 228 g/mol. The van der Waals surface area contributed by atoms with E-state index in [4.69, 9.17) is 5.73 Å².